The molecule has 9 heteroatoms. The molecule has 4 rings (SSSR count). The molecule has 28 heavy (non-hydrogen) atoms. The predicted molar refractivity (Wildman–Crippen MR) is 105 cm³/mol. The Kier molecular flexibility index (Phi) is 4.81. The molecule has 3 N–H and O–H groups in total. The maximum Gasteiger partial charge on any atom is 0.348 e. The molecule has 2 aromatic carbocycles. The minimum absolute atomic E-state index is 0.00316. The summed E-state index contributed by atoms with van der Waals surface area (Å²) in [5.74, 6) is -0.518. The average molecular weight is 395 g/mol. The van der Waals surface area contributed by atoms with Crippen molar-refractivity contribution in [1.29, 1.82) is 0 Å². The van der Waals surface area contributed by atoms with Gasteiger partial charge in [0, 0.05) is 15.8 Å². The van der Waals surface area contributed by atoms with Crippen LogP contribution in [0, 0.1) is 5.82 Å². The Bertz CT molecular complexity index is 1150. The summed E-state index contributed by atoms with van der Waals surface area (Å²) < 4.78 is 19.7. The van der Waals surface area contributed by atoms with Gasteiger partial charge in [0.15, 0.2) is 12.4 Å². The summed E-state index contributed by atoms with van der Waals surface area (Å²) in [7, 11) is 0. The van der Waals surface area contributed by atoms with Crippen LogP contribution in [0.25, 0.3) is 10.1 Å². The van der Waals surface area contributed by atoms with Gasteiger partial charge < -0.3 is 15.8 Å². The van der Waals surface area contributed by atoms with Crippen LogP contribution in [0.15, 0.2) is 54.6 Å². The van der Waals surface area contributed by atoms with E-state index in [4.69, 9.17) is 10.5 Å². The van der Waals surface area contributed by atoms with E-state index in [1.807, 2.05) is 30.3 Å². The number of para-hydroxylation sites is 1. The highest BCUT2D eigenvalue weighted by molar-refractivity contribution is 7.20. The molecule has 2 aromatic heterocycles. The molecule has 0 bridgehead atoms. The number of carbonyl (C=O) groups is 1. The number of halogens is 1. The van der Waals surface area contributed by atoms with Crippen molar-refractivity contribution in [3.05, 3.63) is 71.1 Å². The second-order valence-electron chi connectivity index (χ2n) is 5.76. The lowest BCUT2D eigenvalue weighted by atomic mass is 10.2. The fourth-order valence-corrected chi connectivity index (χ4v) is 3.51. The number of aromatic nitrogens is 3. The molecule has 0 aliphatic rings. The normalized spacial score (nSPS) is 10.8. The number of benzene rings is 2. The smallest absolute Gasteiger partial charge is 0.348 e. The first-order chi connectivity index (χ1) is 13.6. The number of nitrogens with zero attached hydrogens (tertiary/aromatic N) is 3. The minimum atomic E-state index is -0.586. The maximum atomic E-state index is 13.8. The van der Waals surface area contributed by atoms with Gasteiger partial charge in [0.2, 0.25) is 11.9 Å². The first kappa shape index (κ1) is 17.8. The largest absolute Gasteiger partial charge is 0.453 e. The highest BCUT2D eigenvalue weighted by Gasteiger charge is 2.15. The number of ether oxygens (including phenoxy) is 1. The SMILES string of the molecule is Nc1nc(COC(=O)c2cc3c(F)cccc3s2)nc(Nc2ccccc2)n1. The second kappa shape index (κ2) is 7.57. The third-order valence-corrected chi connectivity index (χ3v) is 4.85. The molecule has 7 nitrogen and oxygen atoms in total. The van der Waals surface area contributed by atoms with E-state index in [9.17, 15) is 9.18 Å². The number of hydrogen-bond acceptors (Lipinski definition) is 8. The first-order valence-corrected chi connectivity index (χ1v) is 9.08. The van der Waals surface area contributed by atoms with Crippen LogP contribution in [0.2, 0.25) is 0 Å². The molecule has 0 saturated carbocycles. The summed E-state index contributed by atoms with van der Waals surface area (Å²) in [6.07, 6.45) is 0. The summed E-state index contributed by atoms with van der Waals surface area (Å²) in [5.41, 5.74) is 6.50. The molecule has 0 unspecified atom stereocenters. The summed E-state index contributed by atoms with van der Waals surface area (Å²) in [6.45, 7) is -0.189. The number of nitrogens with one attached hydrogen (secondary N) is 1. The number of fused-ring (bicyclic) bond motifs is 1. The predicted octanol–water partition coefficient (Wildman–Crippen LogP) is 3.91. The third kappa shape index (κ3) is 3.89. The molecule has 0 aliphatic heterocycles. The van der Waals surface area contributed by atoms with Gasteiger partial charge in [0.05, 0.1) is 0 Å². The van der Waals surface area contributed by atoms with Crippen LogP contribution in [-0.2, 0) is 11.3 Å². The summed E-state index contributed by atoms with van der Waals surface area (Å²) in [6, 6.07) is 15.5. The number of anilines is 3. The van der Waals surface area contributed by atoms with E-state index in [2.05, 4.69) is 20.3 Å². The van der Waals surface area contributed by atoms with E-state index in [1.165, 1.54) is 12.1 Å². The molecule has 0 amide bonds. The Morgan fingerprint density at radius 3 is 2.71 bits per heavy atom. The molecule has 0 saturated heterocycles. The number of nitrogen functional groups attached to an aromatic ring is 1. The van der Waals surface area contributed by atoms with Crippen LogP contribution in [0.1, 0.15) is 15.5 Å². The van der Waals surface area contributed by atoms with Gasteiger partial charge in [-0.3, -0.25) is 0 Å². The lowest BCUT2D eigenvalue weighted by molar-refractivity contribution is 0.0468. The van der Waals surface area contributed by atoms with Gasteiger partial charge in [0.25, 0.3) is 0 Å². The number of rotatable bonds is 5. The van der Waals surface area contributed by atoms with Crippen molar-refractivity contribution in [2.75, 3.05) is 11.1 Å². The highest BCUT2D eigenvalue weighted by atomic mass is 32.1. The molecule has 4 aromatic rings. The van der Waals surface area contributed by atoms with Crippen molar-refractivity contribution in [2.45, 2.75) is 6.61 Å². The third-order valence-electron chi connectivity index (χ3n) is 3.77. The van der Waals surface area contributed by atoms with Crippen LogP contribution in [-0.4, -0.2) is 20.9 Å². The van der Waals surface area contributed by atoms with E-state index in [0.717, 1.165) is 17.0 Å². The highest BCUT2D eigenvalue weighted by Crippen LogP contribution is 2.28. The minimum Gasteiger partial charge on any atom is -0.453 e. The van der Waals surface area contributed by atoms with Crippen LogP contribution in [0.4, 0.5) is 22.0 Å². The molecule has 2 heterocycles. The average Bonchev–Trinajstić information content (AvgIpc) is 3.12. The molecular weight excluding hydrogens is 381 g/mol. The molecule has 140 valence electrons. The van der Waals surface area contributed by atoms with Crippen molar-refractivity contribution >= 4 is 45.0 Å². The first-order valence-electron chi connectivity index (χ1n) is 8.26. The van der Waals surface area contributed by atoms with Crippen LogP contribution in [0.3, 0.4) is 0 Å². The van der Waals surface area contributed by atoms with Gasteiger partial charge in [-0.2, -0.15) is 15.0 Å². The van der Waals surface area contributed by atoms with E-state index in [0.29, 0.717) is 15.0 Å². The monoisotopic (exact) mass is 395 g/mol. The van der Waals surface area contributed by atoms with Gasteiger partial charge in [-0.05, 0) is 30.3 Å². The topological polar surface area (TPSA) is 103 Å². The van der Waals surface area contributed by atoms with E-state index >= 15 is 0 Å². The Morgan fingerprint density at radius 2 is 1.93 bits per heavy atom. The standard InChI is InChI=1S/C19H14FN5O2S/c20-13-7-4-8-14-12(13)9-15(28-14)17(26)27-10-16-23-18(21)25-19(24-16)22-11-5-2-1-3-6-11/h1-9H,10H2,(H3,21,22,23,24,25). The quantitative estimate of drug-likeness (QED) is 0.494. The molecular formula is C19H14FN5O2S. The van der Waals surface area contributed by atoms with Crippen molar-refractivity contribution in [1.82, 2.24) is 15.0 Å². The summed E-state index contributed by atoms with van der Waals surface area (Å²) >= 11 is 1.16. The lowest BCUT2D eigenvalue weighted by Crippen LogP contribution is -2.10. The number of thiophene rings is 1. The zero-order valence-corrected chi connectivity index (χ0v) is 15.2. The molecule has 0 radical (unpaired) electrons. The zero-order valence-electron chi connectivity index (χ0n) is 14.4. The fourth-order valence-electron chi connectivity index (χ4n) is 2.54. The molecule has 0 aliphatic carbocycles. The van der Waals surface area contributed by atoms with Crippen molar-refractivity contribution < 1.29 is 13.9 Å². The second-order valence-corrected chi connectivity index (χ2v) is 6.85. The Morgan fingerprint density at radius 1 is 1.11 bits per heavy atom. The summed E-state index contributed by atoms with van der Waals surface area (Å²) in [5, 5.41) is 3.39. The zero-order chi connectivity index (χ0) is 19.5. The molecule has 0 atom stereocenters. The Balaban J connectivity index is 1.48. The van der Waals surface area contributed by atoms with E-state index < -0.39 is 5.97 Å². The van der Waals surface area contributed by atoms with E-state index in [-0.39, 0.29) is 30.1 Å². The fraction of sp³-hybridized carbons (Fsp3) is 0.0526. The van der Waals surface area contributed by atoms with Gasteiger partial charge in [-0.25, -0.2) is 9.18 Å². The van der Waals surface area contributed by atoms with Gasteiger partial charge >= 0.3 is 5.97 Å². The van der Waals surface area contributed by atoms with Crippen LogP contribution < -0.4 is 11.1 Å². The van der Waals surface area contributed by atoms with Crippen molar-refractivity contribution in [2.24, 2.45) is 0 Å². The number of hydrogen-bond donors (Lipinski definition) is 2. The van der Waals surface area contributed by atoms with Gasteiger partial charge in [-0.1, -0.05) is 24.3 Å². The number of nitrogens with two attached hydrogens (primary N) is 1. The maximum absolute atomic E-state index is 13.8. The molecule has 0 spiro atoms. The number of esters is 1. The van der Waals surface area contributed by atoms with Crippen LogP contribution in [0.5, 0.6) is 0 Å². The Hall–Kier alpha value is -3.59. The van der Waals surface area contributed by atoms with Crippen molar-refractivity contribution in [3.8, 4) is 0 Å². The summed E-state index contributed by atoms with van der Waals surface area (Å²) in [4.78, 5) is 24.8. The van der Waals surface area contributed by atoms with E-state index in [1.54, 1.807) is 12.1 Å². The molecule has 0 fully saturated rings. The lowest BCUT2D eigenvalue weighted by Gasteiger charge is -2.07. The van der Waals surface area contributed by atoms with Crippen LogP contribution >= 0.6 is 11.3 Å². The van der Waals surface area contributed by atoms with Gasteiger partial charge in [0.1, 0.15) is 10.7 Å². The van der Waals surface area contributed by atoms with Crippen molar-refractivity contribution in [3.63, 3.8) is 0 Å². The van der Waals surface area contributed by atoms with Gasteiger partial charge in [-0.15, -0.1) is 11.3 Å². The Labute approximate surface area is 163 Å². The number of carbonyl (C=O) groups excluding carboxylic acids is 1.